The van der Waals surface area contributed by atoms with Gasteiger partial charge in [-0.3, -0.25) is 14.5 Å². The highest BCUT2D eigenvalue weighted by Crippen LogP contribution is 2.10. The highest BCUT2D eigenvalue weighted by atomic mass is 16.5. The summed E-state index contributed by atoms with van der Waals surface area (Å²) in [5.74, 6) is 0.571. The van der Waals surface area contributed by atoms with E-state index < -0.39 is 0 Å². The quantitative estimate of drug-likeness (QED) is 0.699. The van der Waals surface area contributed by atoms with Crippen molar-refractivity contribution >= 4 is 5.91 Å². The first kappa shape index (κ1) is 18.6. The smallest absolute Gasteiger partial charge is 0.251 e. The fraction of sp³-hybridized carbons (Fsp3) is 0.286. The summed E-state index contributed by atoms with van der Waals surface area (Å²) < 4.78 is 7.67. The monoisotopic (exact) mass is 364 g/mol. The molecule has 6 nitrogen and oxygen atoms in total. The number of hydrogen-bond acceptors (Lipinski definition) is 4. The maximum absolute atomic E-state index is 12.3. The van der Waals surface area contributed by atoms with Crippen LogP contribution in [0.15, 0.2) is 54.9 Å². The van der Waals surface area contributed by atoms with E-state index in [-0.39, 0.29) is 12.0 Å². The Balaban J connectivity index is 1.52. The molecular weight excluding hydrogens is 340 g/mol. The van der Waals surface area contributed by atoms with Crippen molar-refractivity contribution in [2.24, 2.45) is 0 Å². The number of rotatable bonds is 7. The molecule has 140 valence electrons. The minimum Gasteiger partial charge on any atom is -0.487 e. The minimum atomic E-state index is -0.150. The number of pyridine rings is 1. The first-order valence-corrected chi connectivity index (χ1v) is 8.96. The third kappa shape index (κ3) is 5.17. The zero-order chi connectivity index (χ0) is 19.2. The van der Waals surface area contributed by atoms with Crippen LogP contribution in [0.5, 0.6) is 5.75 Å². The molecule has 1 aromatic carbocycles. The molecular formula is C21H24N4O2. The Morgan fingerprint density at radius 2 is 2.00 bits per heavy atom. The van der Waals surface area contributed by atoms with Crippen LogP contribution in [-0.4, -0.2) is 33.3 Å². The van der Waals surface area contributed by atoms with Crippen molar-refractivity contribution in [1.29, 1.82) is 0 Å². The molecule has 27 heavy (non-hydrogen) atoms. The maximum atomic E-state index is 12.3. The normalized spacial score (nSPS) is 11.8. The Bertz CT molecular complexity index is 888. The SMILES string of the molecule is Cc1cc(C)n(Cc2ccc(C(=O)NC[C@H](C)Oc3cccnc3)cc2)n1. The summed E-state index contributed by atoms with van der Waals surface area (Å²) >= 11 is 0. The number of hydrogen-bond donors (Lipinski definition) is 1. The maximum Gasteiger partial charge on any atom is 0.251 e. The lowest BCUT2D eigenvalue weighted by Crippen LogP contribution is -2.33. The number of carbonyl (C=O) groups is 1. The van der Waals surface area contributed by atoms with Gasteiger partial charge in [-0.05, 0) is 56.7 Å². The van der Waals surface area contributed by atoms with Crippen LogP contribution in [0.4, 0.5) is 0 Å². The summed E-state index contributed by atoms with van der Waals surface area (Å²) in [5.41, 5.74) is 3.86. The lowest BCUT2D eigenvalue weighted by molar-refractivity contribution is 0.0932. The van der Waals surface area contributed by atoms with E-state index in [9.17, 15) is 4.79 Å². The predicted molar refractivity (Wildman–Crippen MR) is 104 cm³/mol. The van der Waals surface area contributed by atoms with E-state index in [1.807, 2.05) is 61.9 Å². The van der Waals surface area contributed by atoms with Gasteiger partial charge in [0.2, 0.25) is 0 Å². The van der Waals surface area contributed by atoms with Gasteiger partial charge in [-0.2, -0.15) is 5.10 Å². The van der Waals surface area contributed by atoms with Gasteiger partial charge in [0.05, 0.1) is 25.0 Å². The second-order valence-corrected chi connectivity index (χ2v) is 6.61. The van der Waals surface area contributed by atoms with Gasteiger partial charge in [-0.15, -0.1) is 0 Å². The van der Waals surface area contributed by atoms with E-state index in [1.54, 1.807) is 12.4 Å². The van der Waals surface area contributed by atoms with E-state index >= 15 is 0 Å². The van der Waals surface area contributed by atoms with Crippen molar-refractivity contribution in [1.82, 2.24) is 20.1 Å². The topological polar surface area (TPSA) is 69.0 Å². The first-order valence-electron chi connectivity index (χ1n) is 8.96. The van der Waals surface area contributed by atoms with Crippen molar-refractivity contribution < 1.29 is 9.53 Å². The lowest BCUT2D eigenvalue weighted by atomic mass is 10.1. The van der Waals surface area contributed by atoms with Crippen LogP contribution in [0.25, 0.3) is 0 Å². The van der Waals surface area contributed by atoms with Crippen molar-refractivity contribution in [2.75, 3.05) is 6.54 Å². The fourth-order valence-electron chi connectivity index (χ4n) is 2.80. The molecule has 3 aromatic rings. The molecule has 1 amide bonds. The summed E-state index contributed by atoms with van der Waals surface area (Å²) in [4.78, 5) is 16.3. The second kappa shape index (κ2) is 8.49. The molecule has 1 N–H and O–H groups in total. The van der Waals surface area contributed by atoms with Gasteiger partial charge < -0.3 is 10.1 Å². The Labute approximate surface area is 159 Å². The van der Waals surface area contributed by atoms with E-state index in [4.69, 9.17) is 4.74 Å². The number of ether oxygens (including phenoxy) is 1. The number of aromatic nitrogens is 3. The molecule has 2 heterocycles. The van der Waals surface area contributed by atoms with Crippen molar-refractivity contribution in [3.05, 3.63) is 77.4 Å². The van der Waals surface area contributed by atoms with Crippen LogP contribution in [0.3, 0.4) is 0 Å². The number of carbonyl (C=O) groups excluding carboxylic acids is 1. The fourth-order valence-corrected chi connectivity index (χ4v) is 2.80. The molecule has 1 atom stereocenters. The summed E-state index contributed by atoms with van der Waals surface area (Å²) in [5, 5.41) is 7.36. The van der Waals surface area contributed by atoms with Crippen molar-refractivity contribution in [2.45, 2.75) is 33.4 Å². The molecule has 0 bridgehead atoms. The molecule has 0 unspecified atom stereocenters. The molecule has 0 fully saturated rings. The minimum absolute atomic E-state index is 0.116. The van der Waals surface area contributed by atoms with Crippen LogP contribution in [-0.2, 0) is 6.54 Å². The van der Waals surface area contributed by atoms with Gasteiger partial charge in [-0.1, -0.05) is 12.1 Å². The van der Waals surface area contributed by atoms with Crippen molar-refractivity contribution in [3.63, 3.8) is 0 Å². The average Bonchev–Trinajstić information content (AvgIpc) is 2.98. The lowest BCUT2D eigenvalue weighted by Gasteiger charge is -2.15. The van der Waals surface area contributed by atoms with E-state index in [1.165, 1.54) is 0 Å². The molecule has 0 radical (unpaired) electrons. The molecule has 6 heteroatoms. The van der Waals surface area contributed by atoms with Crippen LogP contribution in [0, 0.1) is 13.8 Å². The Morgan fingerprint density at radius 3 is 2.63 bits per heavy atom. The third-order valence-corrected chi connectivity index (χ3v) is 4.17. The molecule has 0 spiro atoms. The van der Waals surface area contributed by atoms with Crippen molar-refractivity contribution in [3.8, 4) is 5.75 Å². The summed E-state index contributed by atoms with van der Waals surface area (Å²) in [6.45, 7) is 7.04. The van der Waals surface area contributed by atoms with Crippen LogP contribution >= 0.6 is 0 Å². The van der Waals surface area contributed by atoms with Gasteiger partial charge in [0.25, 0.3) is 5.91 Å². The Hall–Kier alpha value is -3.15. The van der Waals surface area contributed by atoms with Gasteiger partial charge in [0, 0.05) is 17.5 Å². The molecule has 0 aliphatic rings. The third-order valence-electron chi connectivity index (χ3n) is 4.17. The largest absolute Gasteiger partial charge is 0.487 e. The molecule has 2 aromatic heterocycles. The number of benzene rings is 1. The first-order chi connectivity index (χ1) is 13.0. The van der Waals surface area contributed by atoms with E-state index in [0.29, 0.717) is 24.4 Å². The zero-order valence-electron chi connectivity index (χ0n) is 15.8. The van der Waals surface area contributed by atoms with Crippen LogP contribution < -0.4 is 10.1 Å². The standard InChI is InChI=1S/C21H24N4O2/c1-15-11-16(2)25(24-15)14-18-6-8-19(9-7-18)21(26)23-12-17(3)27-20-5-4-10-22-13-20/h4-11,13,17H,12,14H2,1-3H3,(H,23,26)/t17-/m0/s1. The highest BCUT2D eigenvalue weighted by Gasteiger charge is 2.10. The molecule has 0 aliphatic carbocycles. The van der Waals surface area contributed by atoms with Crippen LogP contribution in [0.1, 0.15) is 34.2 Å². The summed E-state index contributed by atoms with van der Waals surface area (Å²) in [6, 6.07) is 13.3. The Morgan fingerprint density at radius 1 is 1.22 bits per heavy atom. The van der Waals surface area contributed by atoms with Gasteiger partial charge in [-0.25, -0.2) is 0 Å². The molecule has 0 saturated heterocycles. The Kier molecular flexibility index (Phi) is 5.86. The summed E-state index contributed by atoms with van der Waals surface area (Å²) in [6.07, 6.45) is 3.20. The summed E-state index contributed by atoms with van der Waals surface area (Å²) in [7, 11) is 0. The highest BCUT2D eigenvalue weighted by molar-refractivity contribution is 5.94. The van der Waals surface area contributed by atoms with Gasteiger partial charge in [0.15, 0.2) is 0 Å². The molecule has 3 rings (SSSR count). The van der Waals surface area contributed by atoms with Crippen LogP contribution in [0.2, 0.25) is 0 Å². The number of nitrogens with one attached hydrogen (secondary N) is 1. The van der Waals surface area contributed by atoms with Gasteiger partial charge in [0.1, 0.15) is 11.9 Å². The molecule has 0 saturated carbocycles. The number of nitrogens with zero attached hydrogens (tertiary/aromatic N) is 3. The van der Waals surface area contributed by atoms with E-state index in [0.717, 1.165) is 17.0 Å². The van der Waals surface area contributed by atoms with E-state index in [2.05, 4.69) is 21.5 Å². The zero-order valence-corrected chi connectivity index (χ0v) is 15.8. The van der Waals surface area contributed by atoms with Gasteiger partial charge >= 0.3 is 0 Å². The average molecular weight is 364 g/mol. The molecule has 0 aliphatic heterocycles. The number of aryl methyl sites for hydroxylation is 2. The number of amides is 1. The second-order valence-electron chi connectivity index (χ2n) is 6.61. The predicted octanol–water partition coefficient (Wildman–Crippen LogP) is 3.14.